The Morgan fingerprint density at radius 1 is 0.508 bits per heavy atom. The predicted octanol–water partition coefficient (Wildman–Crippen LogP) is 14.8. The standard InChI is InChI=1S/C50H100NO7P/c1-6-8-10-12-14-16-18-20-22-24-25-26-27-28-29-31-33-35-37-39-41-43-50(52)58-49(48-57-59(53,54)56-46-44-51(3,4)5)47-55-45-42-40-38-36-34-32-30-23-21-19-17-15-13-11-9-7-2/h21,23,49H,6-20,22,24-48H2,1-5H3/b23-21-. The first-order chi connectivity index (χ1) is 28.6. The van der Waals surface area contributed by atoms with Gasteiger partial charge in [0.05, 0.1) is 34.4 Å². The van der Waals surface area contributed by atoms with Crippen molar-refractivity contribution in [2.45, 2.75) is 251 Å². The van der Waals surface area contributed by atoms with Gasteiger partial charge in [0.15, 0.2) is 0 Å². The van der Waals surface area contributed by atoms with Crippen molar-refractivity contribution in [3.8, 4) is 0 Å². The van der Waals surface area contributed by atoms with Gasteiger partial charge in [-0.3, -0.25) is 9.36 Å². The second-order valence-corrected chi connectivity index (χ2v) is 19.9. The van der Waals surface area contributed by atoms with Crippen LogP contribution in [-0.4, -0.2) is 70.7 Å². The zero-order valence-electron chi connectivity index (χ0n) is 40.0. The lowest BCUT2D eigenvalue weighted by Gasteiger charge is -2.28. The minimum Gasteiger partial charge on any atom is -0.756 e. The largest absolute Gasteiger partial charge is 0.756 e. The molecule has 8 nitrogen and oxygen atoms in total. The summed E-state index contributed by atoms with van der Waals surface area (Å²) in [5, 5.41) is 0. The van der Waals surface area contributed by atoms with Gasteiger partial charge in [-0.05, 0) is 38.5 Å². The van der Waals surface area contributed by atoms with E-state index in [9.17, 15) is 14.3 Å². The molecule has 0 saturated carbocycles. The number of carbonyl (C=O) groups excluding carboxylic acids is 1. The monoisotopic (exact) mass is 858 g/mol. The number of hydrogen-bond donors (Lipinski definition) is 0. The molecule has 352 valence electrons. The molecule has 0 radical (unpaired) electrons. The number of phosphoric ester groups is 1. The summed E-state index contributed by atoms with van der Waals surface area (Å²) in [6.45, 7) is 5.45. The first-order valence-electron chi connectivity index (χ1n) is 25.4. The third-order valence-corrected chi connectivity index (χ3v) is 12.3. The number of rotatable bonds is 48. The van der Waals surface area contributed by atoms with Gasteiger partial charge in [-0.15, -0.1) is 0 Å². The molecule has 0 aliphatic rings. The summed E-state index contributed by atoms with van der Waals surface area (Å²) >= 11 is 0. The second kappa shape index (κ2) is 43.9. The highest BCUT2D eigenvalue weighted by molar-refractivity contribution is 7.45. The van der Waals surface area contributed by atoms with Gasteiger partial charge < -0.3 is 27.9 Å². The molecule has 0 aromatic rings. The molecular weight excluding hydrogens is 758 g/mol. The first kappa shape index (κ1) is 58.2. The fourth-order valence-electron chi connectivity index (χ4n) is 7.37. The minimum atomic E-state index is -4.52. The quantitative estimate of drug-likeness (QED) is 0.0198. The average molecular weight is 858 g/mol. The Bertz CT molecular complexity index is 956. The van der Waals surface area contributed by atoms with Crippen LogP contribution in [0.1, 0.15) is 245 Å². The lowest BCUT2D eigenvalue weighted by molar-refractivity contribution is -0.870. The van der Waals surface area contributed by atoms with Crippen LogP contribution in [0.25, 0.3) is 0 Å². The molecular formula is C50H100NO7P. The Kier molecular flexibility index (Phi) is 43.3. The van der Waals surface area contributed by atoms with E-state index >= 15 is 0 Å². The molecule has 0 aliphatic carbocycles. The summed E-state index contributed by atoms with van der Waals surface area (Å²) in [5.74, 6) is -0.330. The van der Waals surface area contributed by atoms with Crippen LogP contribution in [0.15, 0.2) is 12.2 Å². The third kappa shape index (κ3) is 48.1. The van der Waals surface area contributed by atoms with Gasteiger partial charge in [-0.25, -0.2) is 0 Å². The Balaban J connectivity index is 4.10. The van der Waals surface area contributed by atoms with Gasteiger partial charge in [0, 0.05) is 13.0 Å². The molecule has 0 N–H and O–H groups in total. The molecule has 9 heteroatoms. The molecule has 59 heavy (non-hydrogen) atoms. The molecule has 0 fully saturated rings. The van der Waals surface area contributed by atoms with E-state index < -0.39 is 13.9 Å². The number of esters is 1. The SMILES string of the molecule is CCCCCCCC/C=C\CCCCCCCCOCC(COP(=O)([O-])OCC[N+](C)(C)C)OC(=O)CCCCCCCCCCCCCCCCCCCCCCC. The molecule has 0 saturated heterocycles. The van der Waals surface area contributed by atoms with Crippen LogP contribution in [0.2, 0.25) is 0 Å². The van der Waals surface area contributed by atoms with E-state index in [2.05, 4.69) is 26.0 Å². The smallest absolute Gasteiger partial charge is 0.306 e. The molecule has 2 atom stereocenters. The van der Waals surface area contributed by atoms with Gasteiger partial charge in [0.1, 0.15) is 19.3 Å². The fourth-order valence-corrected chi connectivity index (χ4v) is 8.10. The number of likely N-dealkylation sites (N-methyl/N-ethyl adjacent to an activating group) is 1. The second-order valence-electron chi connectivity index (χ2n) is 18.5. The Hall–Kier alpha value is -0.760. The van der Waals surface area contributed by atoms with Gasteiger partial charge in [-0.2, -0.15) is 0 Å². The van der Waals surface area contributed by atoms with E-state index in [-0.39, 0.29) is 25.8 Å². The van der Waals surface area contributed by atoms with Crippen molar-refractivity contribution in [3.63, 3.8) is 0 Å². The number of allylic oxidation sites excluding steroid dienone is 2. The van der Waals surface area contributed by atoms with Crippen LogP contribution >= 0.6 is 7.82 Å². The number of unbranched alkanes of at least 4 members (excludes halogenated alkanes) is 32. The maximum atomic E-state index is 12.7. The van der Waals surface area contributed by atoms with Crippen molar-refractivity contribution in [2.24, 2.45) is 0 Å². The van der Waals surface area contributed by atoms with Crippen LogP contribution in [0.3, 0.4) is 0 Å². The summed E-state index contributed by atoms with van der Waals surface area (Å²) in [7, 11) is 1.37. The lowest BCUT2D eigenvalue weighted by atomic mass is 10.0. The van der Waals surface area contributed by atoms with Gasteiger partial charge in [0.2, 0.25) is 0 Å². The Morgan fingerprint density at radius 2 is 0.881 bits per heavy atom. The summed E-state index contributed by atoms with van der Waals surface area (Å²) in [6, 6.07) is 0. The van der Waals surface area contributed by atoms with Crippen molar-refractivity contribution in [2.75, 3.05) is 54.1 Å². The summed E-state index contributed by atoms with van der Waals surface area (Å²) in [5.41, 5.74) is 0. The topological polar surface area (TPSA) is 94.1 Å². The van der Waals surface area contributed by atoms with E-state index in [0.29, 0.717) is 24.1 Å². The molecule has 0 aromatic heterocycles. The van der Waals surface area contributed by atoms with E-state index in [1.807, 2.05) is 21.1 Å². The summed E-state index contributed by atoms with van der Waals surface area (Å²) in [6.07, 6.45) is 49.4. The maximum absolute atomic E-state index is 12.7. The fraction of sp³-hybridized carbons (Fsp3) is 0.940. The van der Waals surface area contributed by atoms with Crippen LogP contribution < -0.4 is 4.89 Å². The van der Waals surface area contributed by atoms with Crippen LogP contribution in [0, 0.1) is 0 Å². The maximum Gasteiger partial charge on any atom is 0.306 e. The summed E-state index contributed by atoms with van der Waals surface area (Å²) in [4.78, 5) is 25.1. The van der Waals surface area contributed by atoms with E-state index in [4.69, 9.17) is 18.5 Å². The number of hydrogen-bond acceptors (Lipinski definition) is 7. The van der Waals surface area contributed by atoms with Gasteiger partial charge in [-0.1, -0.05) is 212 Å². The number of carbonyl (C=O) groups is 1. The van der Waals surface area contributed by atoms with E-state index in [1.165, 1.54) is 193 Å². The lowest BCUT2D eigenvalue weighted by Crippen LogP contribution is -2.37. The number of phosphoric acid groups is 1. The summed E-state index contributed by atoms with van der Waals surface area (Å²) < 4.78 is 34.7. The van der Waals surface area contributed by atoms with Crippen molar-refractivity contribution in [3.05, 3.63) is 12.2 Å². The molecule has 0 aromatic carbocycles. The van der Waals surface area contributed by atoms with Gasteiger partial charge >= 0.3 is 5.97 Å². The molecule has 2 unspecified atom stereocenters. The van der Waals surface area contributed by atoms with Crippen molar-refractivity contribution >= 4 is 13.8 Å². The van der Waals surface area contributed by atoms with Gasteiger partial charge in [0.25, 0.3) is 7.82 Å². The highest BCUT2D eigenvalue weighted by Gasteiger charge is 2.20. The molecule has 0 heterocycles. The van der Waals surface area contributed by atoms with Crippen molar-refractivity contribution < 1.29 is 37.3 Å². The molecule has 0 amide bonds. The average Bonchev–Trinajstić information content (AvgIpc) is 3.19. The first-order valence-corrected chi connectivity index (χ1v) is 26.9. The number of quaternary nitrogens is 1. The van der Waals surface area contributed by atoms with Crippen LogP contribution in [-0.2, 0) is 27.9 Å². The zero-order chi connectivity index (χ0) is 43.4. The minimum absolute atomic E-state index is 0.0284. The normalized spacial score (nSPS) is 13.7. The number of nitrogens with zero attached hydrogens (tertiary/aromatic N) is 1. The molecule has 0 rings (SSSR count). The molecule has 0 spiro atoms. The third-order valence-electron chi connectivity index (χ3n) is 11.3. The van der Waals surface area contributed by atoms with Crippen molar-refractivity contribution in [1.82, 2.24) is 0 Å². The van der Waals surface area contributed by atoms with E-state index in [1.54, 1.807) is 0 Å². The highest BCUT2D eigenvalue weighted by atomic mass is 31.2. The predicted molar refractivity (Wildman–Crippen MR) is 250 cm³/mol. The van der Waals surface area contributed by atoms with E-state index in [0.717, 1.165) is 32.1 Å². The van der Waals surface area contributed by atoms with Crippen molar-refractivity contribution in [1.29, 1.82) is 0 Å². The zero-order valence-corrected chi connectivity index (χ0v) is 40.9. The molecule has 0 aliphatic heterocycles. The Morgan fingerprint density at radius 3 is 1.29 bits per heavy atom. The molecule has 0 bridgehead atoms. The van der Waals surface area contributed by atoms with Crippen LogP contribution in [0.4, 0.5) is 0 Å². The number of ether oxygens (including phenoxy) is 2. The Labute approximate surface area is 367 Å². The highest BCUT2D eigenvalue weighted by Crippen LogP contribution is 2.38. The van der Waals surface area contributed by atoms with Crippen LogP contribution in [0.5, 0.6) is 0 Å².